The highest BCUT2D eigenvalue weighted by Crippen LogP contribution is 2.31. The molecular weight excluding hydrogens is 359 g/mol. The molecule has 19 heavy (non-hydrogen) atoms. The van der Waals surface area contributed by atoms with Crippen molar-refractivity contribution < 1.29 is 8.78 Å². The number of nitrogens with two attached hydrogens (primary N) is 1. The molecule has 2 N–H and O–H groups in total. The lowest BCUT2D eigenvalue weighted by Crippen LogP contribution is -2.14. The summed E-state index contributed by atoms with van der Waals surface area (Å²) in [6.07, 6.45) is 0. The van der Waals surface area contributed by atoms with Crippen molar-refractivity contribution in [3.63, 3.8) is 0 Å². The van der Waals surface area contributed by atoms with Gasteiger partial charge in [-0.15, -0.1) is 0 Å². The number of rotatable bonds is 2. The fourth-order valence-corrected chi connectivity index (χ4v) is 2.34. The van der Waals surface area contributed by atoms with E-state index in [2.05, 4.69) is 15.9 Å². The molecule has 0 aliphatic carbocycles. The molecule has 0 aromatic heterocycles. The molecule has 2 rings (SSSR count). The number of benzene rings is 2. The van der Waals surface area contributed by atoms with Gasteiger partial charge in [-0.05, 0) is 45.8 Å². The van der Waals surface area contributed by atoms with Gasteiger partial charge in [0, 0.05) is 10.0 Å². The van der Waals surface area contributed by atoms with Crippen molar-refractivity contribution in [2.45, 2.75) is 6.04 Å². The molecule has 1 unspecified atom stereocenters. The summed E-state index contributed by atoms with van der Waals surface area (Å²) in [6.45, 7) is 0. The van der Waals surface area contributed by atoms with E-state index in [-0.39, 0.29) is 10.6 Å². The fourth-order valence-electron chi connectivity index (χ4n) is 1.66. The van der Waals surface area contributed by atoms with Crippen LogP contribution in [0.15, 0.2) is 34.8 Å². The molecule has 0 bridgehead atoms. The maximum absolute atomic E-state index is 13.9. The summed E-state index contributed by atoms with van der Waals surface area (Å²) < 4.78 is 27.4. The fraction of sp³-hybridized carbons (Fsp3) is 0.0769. The van der Waals surface area contributed by atoms with Crippen LogP contribution >= 0.6 is 39.1 Å². The highest BCUT2D eigenvalue weighted by Gasteiger charge is 2.17. The van der Waals surface area contributed by atoms with Crippen LogP contribution in [0, 0.1) is 11.6 Å². The number of hydrogen-bond acceptors (Lipinski definition) is 1. The molecule has 0 aliphatic rings. The zero-order valence-electron chi connectivity index (χ0n) is 9.43. The summed E-state index contributed by atoms with van der Waals surface area (Å²) in [5.41, 5.74) is 6.68. The van der Waals surface area contributed by atoms with E-state index in [1.54, 1.807) is 0 Å². The first-order valence-electron chi connectivity index (χ1n) is 5.25. The second-order valence-corrected chi connectivity index (χ2v) is 5.61. The van der Waals surface area contributed by atoms with Crippen LogP contribution in [0.2, 0.25) is 10.0 Å². The van der Waals surface area contributed by atoms with Gasteiger partial charge in [0.2, 0.25) is 0 Å². The zero-order chi connectivity index (χ0) is 14.2. The Morgan fingerprint density at radius 2 is 1.68 bits per heavy atom. The van der Waals surface area contributed by atoms with Crippen molar-refractivity contribution in [2.75, 3.05) is 0 Å². The average Bonchev–Trinajstić information content (AvgIpc) is 2.36. The molecule has 2 aromatic carbocycles. The third-order valence-corrected chi connectivity index (χ3v) is 4.16. The van der Waals surface area contributed by atoms with Crippen molar-refractivity contribution in [1.82, 2.24) is 0 Å². The van der Waals surface area contributed by atoms with Gasteiger partial charge in [0.1, 0.15) is 11.6 Å². The summed E-state index contributed by atoms with van der Waals surface area (Å²) in [7, 11) is 0. The summed E-state index contributed by atoms with van der Waals surface area (Å²) in [6, 6.07) is 5.92. The second-order valence-electron chi connectivity index (χ2n) is 3.94. The monoisotopic (exact) mass is 365 g/mol. The maximum Gasteiger partial charge on any atom is 0.141 e. The van der Waals surface area contributed by atoms with Gasteiger partial charge in [-0.2, -0.15) is 0 Å². The van der Waals surface area contributed by atoms with Crippen LogP contribution in [0.25, 0.3) is 0 Å². The predicted octanol–water partition coefficient (Wildman–Crippen LogP) is 5.08. The Labute approximate surface area is 127 Å². The van der Waals surface area contributed by atoms with Gasteiger partial charge in [0.25, 0.3) is 0 Å². The summed E-state index contributed by atoms with van der Waals surface area (Å²) >= 11 is 14.7. The zero-order valence-corrected chi connectivity index (χ0v) is 12.5. The first-order chi connectivity index (χ1) is 8.90. The van der Waals surface area contributed by atoms with Crippen LogP contribution < -0.4 is 5.73 Å². The Balaban J connectivity index is 2.46. The van der Waals surface area contributed by atoms with Gasteiger partial charge in [-0.25, -0.2) is 8.78 Å². The topological polar surface area (TPSA) is 26.0 Å². The van der Waals surface area contributed by atoms with Crippen molar-refractivity contribution in [3.8, 4) is 0 Å². The van der Waals surface area contributed by atoms with E-state index in [0.717, 1.165) is 0 Å². The Morgan fingerprint density at radius 3 is 2.32 bits per heavy atom. The van der Waals surface area contributed by atoms with Crippen molar-refractivity contribution in [1.29, 1.82) is 0 Å². The minimum atomic E-state index is -0.774. The molecule has 1 atom stereocenters. The van der Waals surface area contributed by atoms with E-state index in [4.69, 9.17) is 28.9 Å². The molecule has 0 saturated carbocycles. The van der Waals surface area contributed by atoms with Crippen LogP contribution in [0.3, 0.4) is 0 Å². The Bertz CT molecular complexity index is 634. The molecule has 1 nitrogen and oxygen atoms in total. The maximum atomic E-state index is 13.9. The van der Waals surface area contributed by atoms with E-state index >= 15 is 0 Å². The van der Waals surface area contributed by atoms with Crippen LogP contribution in [-0.2, 0) is 0 Å². The largest absolute Gasteiger partial charge is 0.320 e. The summed E-state index contributed by atoms with van der Waals surface area (Å²) in [4.78, 5) is 0. The Morgan fingerprint density at radius 1 is 1.00 bits per heavy atom. The SMILES string of the molecule is NC(c1ccc(F)c(Cl)c1)c1cc(Cl)c(Br)cc1F. The third-order valence-electron chi connectivity index (χ3n) is 2.68. The molecule has 0 spiro atoms. The highest BCUT2D eigenvalue weighted by atomic mass is 79.9. The molecule has 0 aliphatic heterocycles. The van der Waals surface area contributed by atoms with Gasteiger partial charge in [-0.3, -0.25) is 0 Å². The molecule has 0 radical (unpaired) electrons. The van der Waals surface area contributed by atoms with Crippen LogP contribution in [0.1, 0.15) is 17.2 Å². The number of hydrogen-bond donors (Lipinski definition) is 1. The Hall–Kier alpha value is -0.680. The first kappa shape index (κ1) is 14.7. The van der Waals surface area contributed by atoms with Gasteiger partial charge < -0.3 is 5.73 Å². The lowest BCUT2D eigenvalue weighted by Gasteiger charge is -2.15. The highest BCUT2D eigenvalue weighted by molar-refractivity contribution is 9.10. The third kappa shape index (κ3) is 3.08. The smallest absolute Gasteiger partial charge is 0.141 e. The lowest BCUT2D eigenvalue weighted by atomic mass is 9.99. The molecular formula is C13H8BrCl2F2N. The minimum absolute atomic E-state index is 0.0587. The van der Waals surface area contributed by atoms with Crippen molar-refractivity contribution in [2.24, 2.45) is 5.73 Å². The standard InChI is InChI=1S/C13H8BrCl2F2N/c14-8-5-12(18)7(4-9(8)15)13(19)6-1-2-11(17)10(16)3-6/h1-5,13H,19H2. The van der Waals surface area contributed by atoms with Gasteiger partial charge >= 0.3 is 0 Å². The van der Waals surface area contributed by atoms with Gasteiger partial charge in [0.15, 0.2) is 0 Å². The molecule has 100 valence electrons. The molecule has 6 heteroatoms. The summed E-state index contributed by atoms with van der Waals surface area (Å²) in [5, 5.41) is 0.289. The molecule has 0 saturated heterocycles. The van der Waals surface area contributed by atoms with E-state index in [1.807, 2.05) is 0 Å². The minimum Gasteiger partial charge on any atom is -0.320 e. The second kappa shape index (κ2) is 5.75. The number of halogens is 5. The molecule has 0 fully saturated rings. The van der Waals surface area contributed by atoms with E-state index in [9.17, 15) is 8.78 Å². The molecule has 0 heterocycles. The molecule has 0 amide bonds. The van der Waals surface area contributed by atoms with Crippen molar-refractivity contribution in [3.05, 3.63) is 67.6 Å². The van der Waals surface area contributed by atoms with Crippen LogP contribution in [-0.4, -0.2) is 0 Å². The predicted molar refractivity (Wildman–Crippen MR) is 76.6 cm³/mol. The van der Waals surface area contributed by atoms with E-state index < -0.39 is 17.7 Å². The van der Waals surface area contributed by atoms with Gasteiger partial charge in [0.05, 0.1) is 16.1 Å². The van der Waals surface area contributed by atoms with E-state index in [0.29, 0.717) is 15.1 Å². The first-order valence-corrected chi connectivity index (χ1v) is 6.80. The normalized spacial score (nSPS) is 12.5. The quantitative estimate of drug-likeness (QED) is 0.736. The molecule has 2 aromatic rings. The van der Waals surface area contributed by atoms with Gasteiger partial charge in [-0.1, -0.05) is 29.3 Å². The summed E-state index contributed by atoms with van der Waals surface area (Å²) in [5.74, 6) is -1.05. The lowest BCUT2D eigenvalue weighted by molar-refractivity contribution is 0.598. The Kier molecular flexibility index (Phi) is 4.46. The van der Waals surface area contributed by atoms with Crippen LogP contribution in [0.5, 0.6) is 0 Å². The van der Waals surface area contributed by atoms with Crippen molar-refractivity contribution >= 4 is 39.1 Å². The average molecular weight is 367 g/mol. The van der Waals surface area contributed by atoms with Crippen LogP contribution in [0.4, 0.5) is 8.78 Å². The van der Waals surface area contributed by atoms with E-state index in [1.165, 1.54) is 30.3 Å².